The summed E-state index contributed by atoms with van der Waals surface area (Å²) in [6, 6.07) is 0.489. The smallest absolute Gasteiger partial charge is 0.410 e. The molecule has 2 bridgehead atoms. The number of amides is 2. The van der Waals surface area contributed by atoms with E-state index in [9.17, 15) is 9.59 Å². The van der Waals surface area contributed by atoms with E-state index < -0.39 is 0 Å². The molecule has 2 unspecified atom stereocenters. The van der Waals surface area contributed by atoms with Crippen molar-refractivity contribution in [1.29, 1.82) is 0 Å². The molecule has 2 amide bonds. The van der Waals surface area contributed by atoms with Crippen molar-refractivity contribution in [2.45, 2.75) is 57.5 Å². The summed E-state index contributed by atoms with van der Waals surface area (Å²) >= 11 is 0. The average molecular weight is 333 g/mol. The molecule has 4 aliphatic heterocycles. The third kappa shape index (κ3) is 2.66. The molecule has 132 valence electrons. The molecule has 4 rings (SSSR count). The number of ether oxygens (including phenoxy) is 1. The molecule has 1 spiro atoms. The summed E-state index contributed by atoms with van der Waals surface area (Å²) < 4.78 is 5.22. The Balaban J connectivity index is 1.41. The number of hydrogen-bond acceptors (Lipinski definition) is 4. The Morgan fingerprint density at radius 1 is 1.38 bits per heavy atom. The van der Waals surface area contributed by atoms with Crippen LogP contribution in [0.1, 0.15) is 45.4 Å². The summed E-state index contributed by atoms with van der Waals surface area (Å²) in [5.74, 6) is 0.212. The summed E-state index contributed by atoms with van der Waals surface area (Å²) in [5.41, 5.74) is 1.59. The van der Waals surface area contributed by atoms with Gasteiger partial charge in [0.25, 0.3) is 0 Å². The fourth-order valence-electron chi connectivity index (χ4n) is 4.90. The van der Waals surface area contributed by atoms with E-state index in [0.717, 1.165) is 51.7 Å². The number of carbonyl (C=O) groups excluding carboxylic acids is 2. The standard InChI is InChI=1S/C18H27N3O3/c1-2-24-17(23)21-13-3-4-14(21)10-15(9-13)20-7-5-18(6-8-20)11-16(22)19-12-18/h9,13-14H,2-8,10-12H2,1H3,(H,19,22). The zero-order valence-corrected chi connectivity index (χ0v) is 14.4. The summed E-state index contributed by atoms with van der Waals surface area (Å²) in [5, 5.41) is 3.00. The van der Waals surface area contributed by atoms with Crippen LogP contribution in [-0.2, 0) is 9.53 Å². The zero-order valence-electron chi connectivity index (χ0n) is 14.4. The van der Waals surface area contributed by atoms with Gasteiger partial charge in [-0.1, -0.05) is 0 Å². The fraction of sp³-hybridized carbons (Fsp3) is 0.778. The minimum absolute atomic E-state index is 0.159. The number of piperidine rings is 1. The molecule has 0 saturated carbocycles. The summed E-state index contributed by atoms with van der Waals surface area (Å²) in [6.45, 7) is 5.20. The van der Waals surface area contributed by atoms with Gasteiger partial charge >= 0.3 is 6.09 Å². The van der Waals surface area contributed by atoms with Crippen LogP contribution in [0.4, 0.5) is 4.79 Å². The number of rotatable bonds is 2. The number of carbonyl (C=O) groups is 2. The number of likely N-dealkylation sites (tertiary alicyclic amines) is 1. The van der Waals surface area contributed by atoms with Gasteiger partial charge < -0.3 is 15.0 Å². The topological polar surface area (TPSA) is 61.9 Å². The van der Waals surface area contributed by atoms with E-state index in [1.807, 2.05) is 11.8 Å². The lowest BCUT2D eigenvalue weighted by atomic mass is 9.77. The van der Waals surface area contributed by atoms with Gasteiger partial charge in [-0.05, 0) is 44.1 Å². The number of hydrogen-bond donors (Lipinski definition) is 1. The summed E-state index contributed by atoms with van der Waals surface area (Å²) in [4.78, 5) is 28.2. The van der Waals surface area contributed by atoms with Crippen molar-refractivity contribution in [2.75, 3.05) is 26.2 Å². The van der Waals surface area contributed by atoms with E-state index in [1.165, 1.54) is 5.70 Å². The van der Waals surface area contributed by atoms with Gasteiger partial charge in [-0.3, -0.25) is 9.69 Å². The van der Waals surface area contributed by atoms with Gasteiger partial charge in [-0.2, -0.15) is 0 Å². The van der Waals surface area contributed by atoms with Crippen LogP contribution in [0.2, 0.25) is 0 Å². The van der Waals surface area contributed by atoms with Gasteiger partial charge in [0.15, 0.2) is 0 Å². The first-order chi connectivity index (χ1) is 11.6. The molecule has 3 fully saturated rings. The molecule has 4 aliphatic rings. The molecule has 3 saturated heterocycles. The molecular formula is C18H27N3O3. The van der Waals surface area contributed by atoms with Crippen LogP contribution in [0, 0.1) is 5.41 Å². The van der Waals surface area contributed by atoms with E-state index in [-0.39, 0.29) is 23.5 Å². The Labute approximate surface area is 143 Å². The maximum absolute atomic E-state index is 12.2. The molecule has 2 atom stereocenters. The van der Waals surface area contributed by atoms with Crippen molar-refractivity contribution >= 4 is 12.0 Å². The molecule has 6 heteroatoms. The van der Waals surface area contributed by atoms with E-state index in [0.29, 0.717) is 19.1 Å². The number of nitrogens with zero attached hydrogens (tertiary/aromatic N) is 2. The van der Waals surface area contributed by atoms with Crippen molar-refractivity contribution in [2.24, 2.45) is 5.41 Å². The third-order valence-corrected chi connectivity index (χ3v) is 6.28. The van der Waals surface area contributed by atoms with Crippen molar-refractivity contribution in [1.82, 2.24) is 15.1 Å². The van der Waals surface area contributed by atoms with Gasteiger partial charge in [-0.25, -0.2) is 4.79 Å². The Morgan fingerprint density at radius 2 is 2.17 bits per heavy atom. The molecule has 0 aliphatic carbocycles. The van der Waals surface area contributed by atoms with Crippen LogP contribution in [0.25, 0.3) is 0 Å². The summed E-state index contributed by atoms with van der Waals surface area (Å²) in [7, 11) is 0. The van der Waals surface area contributed by atoms with Gasteiger partial charge in [0.05, 0.1) is 12.6 Å². The lowest BCUT2D eigenvalue weighted by molar-refractivity contribution is -0.119. The average Bonchev–Trinajstić information content (AvgIpc) is 3.05. The maximum atomic E-state index is 12.2. The van der Waals surface area contributed by atoms with Gasteiger partial charge in [0.1, 0.15) is 0 Å². The van der Waals surface area contributed by atoms with E-state index in [4.69, 9.17) is 4.74 Å². The van der Waals surface area contributed by atoms with Crippen LogP contribution in [-0.4, -0.2) is 60.1 Å². The molecule has 4 heterocycles. The molecule has 0 aromatic heterocycles. The van der Waals surface area contributed by atoms with Crippen LogP contribution in [0.15, 0.2) is 11.8 Å². The van der Waals surface area contributed by atoms with Crippen molar-refractivity contribution in [3.63, 3.8) is 0 Å². The van der Waals surface area contributed by atoms with Gasteiger partial charge in [0, 0.05) is 44.2 Å². The van der Waals surface area contributed by atoms with Crippen molar-refractivity contribution < 1.29 is 14.3 Å². The normalized spacial score (nSPS) is 31.2. The van der Waals surface area contributed by atoms with E-state index in [1.54, 1.807) is 0 Å². The van der Waals surface area contributed by atoms with Gasteiger partial charge in [0.2, 0.25) is 5.91 Å². The Kier molecular flexibility index (Phi) is 3.93. The van der Waals surface area contributed by atoms with Crippen LogP contribution in [0.3, 0.4) is 0 Å². The third-order valence-electron chi connectivity index (χ3n) is 6.28. The lowest BCUT2D eigenvalue weighted by Crippen LogP contribution is -2.47. The molecule has 24 heavy (non-hydrogen) atoms. The van der Waals surface area contributed by atoms with E-state index >= 15 is 0 Å². The first-order valence-electron chi connectivity index (χ1n) is 9.28. The highest BCUT2D eigenvalue weighted by Gasteiger charge is 2.44. The highest BCUT2D eigenvalue weighted by atomic mass is 16.6. The second-order valence-corrected chi connectivity index (χ2v) is 7.71. The summed E-state index contributed by atoms with van der Waals surface area (Å²) in [6.07, 6.45) is 8.05. The monoisotopic (exact) mass is 333 g/mol. The Morgan fingerprint density at radius 3 is 2.79 bits per heavy atom. The lowest BCUT2D eigenvalue weighted by Gasteiger charge is -2.43. The van der Waals surface area contributed by atoms with Crippen molar-refractivity contribution in [3.8, 4) is 0 Å². The number of nitrogens with one attached hydrogen (secondary N) is 1. The predicted molar refractivity (Wildman–Crippen MR) is 89.2 cm³/mol. The molecular weight excluding hydrogens is 306 g/mol. The SMILES string of the molecule is CCOC(=O)N1C2C=C(N3CCC4(CC3)CNC(=O)C4)CC1CC2. The zero-order chi connectivity index (χ0) is 16.7. The molecule has 0 radical (unpaired) electrons. The predicted octanol–water partition coefficient (Wildman–Crippen LogP) is 1.87. The van der Waals surface area contributed by atoms with Crippen LogP contribution in [0.5, 0.6) is 0 Å². The molecule has 0 aromatic carbocycles. The second kappa shape index (κ2) is 5.97. The van der Waals surface area contributed by atoms with E-state index in [2.05, 4.69) is 16.3 Å². The molecule has 0 aromatic rings. The van der Waals surface area contributed by atoms with Crippen LogP contribution < -0.4 is 5.32 Å². The van der Waals surface area contributed by atoms with Crippen LogP contribution >= 0.6 is 0 Å². The Hall–Kier alpha value is -1.72. The minimum atomic E-state index is -0.159. The fourth-order valence-corrected chi connectivity index (χ4v) is 4.90. The number of fused-ring (bicyclic) bond motifs is 2. The first-order valence-corrected chi connectivity index (χ1v) is 9.28. The largest absolute Gasteiger partial charge is 0.450 e. The highest BCUT2D eigenvalue weighted by molar-refractivity contribution is 5.79. The minimum Gasteiger partial charge on any atom is -0.450 e. The molecule has 1 N–H and O–H groups in total. The molecule has 6 nitrogen and oxygen atoms in total. The maximum Gasteiger partial charge on any atom is 0.410 e. The second-order valence-electron chi connectivity index (χ2n) is 7.71. The van der Waals surface area contributed by atoms with Gasteiger partial charge in [-0.15, -0.1) is 0 Å². The highest BCUT2D eigenvalue weighted by Crippen LogP contribution is 2.41. The quantitative estimate of drug-likeness (QED) is 0.838. The van der Waals surface area contributed by atoms with Crippen molar-refractivity contribution in [3.05, 3.63) is 11.8 Å². The first kappa shape index (κ1) is 15.8. The Bertz CT molecular complexity index is 566.